The van der Waals surface area contributed by atoms with Gasteiger partial charge in [-0.15, -0.1) is 0 Å². The first-order valence-electron chi connectivity index (χ1n) is 9.13. The highest BCUT2D eigenvalue weighted by atomic mass is 16.3. The second-order valence-corrected chi connectivity index (χ2v) is 6.96. The van der Waals surface area contributed by atoms with E-state index in [9.17, 15) is 0 Å². The van der Waals surface area contributed by atoms with E-state index >= 15 is 0 Å². The highest BCUT2D eigenvalue weighted by molar-refractivity contribution is 6.06. The van der Waals surface area contributed by atoms with Crippen LogP contribution in [-0.4, -0.2) is 9.97 Å². The van der Waals surface area contributed by atoms with E-state index in [2.05, 4.69) is 40.3 Å². The zero-order valence-corrected chi connectivity index (χ0v) is 14.1. The Hall–Kier alpha value is -2.68. The van der Waals surface area contributed by atoms with Gasteiger partial charge in [-0.3, -0.25) is 0 Å². The SMILES string of the molecule is c1ccc(-c2ncnc3c2oc2ccc(C4CCCCC4)cc23)cc1. The molecule has 0 bridgehead atoms. The molecule has 1 fully saturated rings. The molecule has 1 saturated carbocycles. The van der Waals surface area contributed by atoms with E-state index in [1.807, 2.05) is 18.2 Å². The monoisotopic (exact) mass is 328 g/mol. The third kappa shape index (κ3) is 2.51. The van der Waals surface area contributed by atoms with Crippen molar-refractivity contribution < 1.29 is 4.42 Å². The standard InChI is InChI=1S/C22H20N2O/c1-3-7-15(8-4-1)17-11-12-19-18(13-17)21-22(25-19)20(23-14-24-21)16-9-5-2-6-10-16/h2,5-6,9-15H,1,3-4,7-8H2. The Morgan fingerprint density at radius 2 is 1.72 bits per heavy atom. The van der Waals surface area contributed by atoms with Crippen LogP contribution in [0.4, 0.5) is 0 Å². The van der Waals surface area contributed by atoms with Gasteiger partial charge in [0.2, 0.25) is 0 Å². The molecule has 1 aliphatic rings. The lowest BCUT2D eigenvalue weighted by Gasteiger charge is -2.21. The molecule has 3 heteroatoms. The van der Waals surface area contributed by atoms with Gasteiger partial charge in [-0.1, -0.05) is 55.7 Å². The Balaban J connectivity index is 1.69. The van der Waals surface area contributed by atoms with Gasteiger partial charge in [0.1, 0.15) is 23.1 Å². The molecule has 2 aromatic heterocycles. The number of rotatable bonds is 2. The van der Waals surface area contributed by atoms with Gasteiger partial charge in [0.05, 0.1) is 0 Å². The zero-order chi connectivity index (χ0) is 16.6. The highest BCUT2D eigenvalue weighted by Crippen LogP contribution is 2.37. The molecule has 0 atom stereocenters. The molecule has 1 aliphatic carbocycles. The molecular formula is C22H20N2O. The van der Waals surface area contributed by atoms with E-state index in [0.717, 1.165) is 33.3 Å². The van der Waals surface area contributed by atoms with E-state index in [4.69, 9.17) is 4.42 Å². The molecule has 0 saturated heterocycles. The first kappa shape index (κ1) is 14.6. The molecule has 0 spiro atoms. The fourth-order valence-electron chi connectivity index (χ4n) is 4.09. The maximum absolute atomic E-state index is 6.16. The van der Waals surface area contributed by atoms with Crippen LogP contribution >= 0.6 is 0 Å². The van der Waals surface area contributed by atoms with Gasteiger partial charge in [-0.25, -0.2) is 9.97 Å². The Labute approximate surface area is 146 Å². The van der Waals surface area contributed by atoms with Crippen LogP contribution in [0, 0.1) is 0 Å². The van der Waals surface area contributed by atoms with Crippen molar-refractivity contribution in [1.82, 2.24) is 9.97 Å². The van der Waals surface area contributed by atoms with E-state index in [1.54, 1.807) is 6.33 Å². The van der Waals surface area contributed by atoms with Crippen LogP contribution in [-0.2, 0) is 0 Å². The summed E-state index contributed by atoms with van der Waals surface area (Å²) in [4.78, 5) is 9.02. The van der Waals surface area contributed by atoms with Crippen molar-refractivity contribution in [3.63, 3.8) is 0 Å². The van der Waals surface area contributed by atoms with Crippen LogP contribution in [0.1, 0.15) is 43.6 Å². The van der Waals surface area contributed by atoms with Gasteiger partial charge in [0.25, 0.3) is 0 Å². The van der Waals surface area contributed by atoms with Crippen LogP contribution in [0.3, 0.4) is 0 Å². The molecule has 25 heavy (non-hydrogen) atoms. The summed E-state index contributed by atoms with van der Waals surface area (Å²) in [6.45, 7) is 0. The van der Waals surface area contributed by atoms with E-state index in [-0.39, 0.29) is 0 Å². The lowest BCUT2D eigenvalue weighted by Crippen LogP contribution is -2.04. The number of furan rings is 1. The number of benzene rings is 2. The summed E-state index contributed by atoms with van der Waals surface area (Å²) in [6, 6.07) is 16.8. The summed E-state index contributed by atoms with van der Waals surface area (Å²) in [7, 11) is 0. The van der Waals surface area contributed by atoms with Crippen molar-refractivity contribution in [3.8, 4) is 11.3 Å². The summed E-state index contributed by atoms with van der Waals surface area (Å²) in [5, 5.41) is 1.11. The number of hydrogen-bond donors (Lipinski definition) is 0. The fraction of sp³-hybridized carbons (Fsp3) is 0.273. The highest BCUT2D eigenvalue weighted by Gasteiger charge is 2.19. The minimum atomic E-state index is 0.679. The molecule has 0 aliphatic heterocycles. The third-order valence-electron chi connectivity index (χ3n) is 5.40. The second kappa shape index (κ2) is 5.99. The number of aromatic nitrogens is 2. The lowest BCUT2D eigenvalue weighted by molar-refractivity contribution is 0.444. The minimum Gasteiger partial charge on any atom is -0.452 e. The maximum atomic E-state index is 6.16. The van der Waals surface area contributed by atoms with Crippen molar-refractivity contribution in [2.24, 2.45) is 0 Å². The van der Waals surface area contributed by atoms with E-state index < -0.39 is 0 Å². The van der Waals surface area contributed by atoms with Crippen LogP contribution in [0.5, 0.6) is 0 Å². The van der Waals surface area contributed by atoms with Crippen LogP contribution in [0.25, 0.3) is 33.3 Å². The zero-order valence-electron chi connectivity index (χ0n) is 14.1. The smallest absolute Gasteiger partial charge is 0.180 e. The third-order valence-corrected chi connectivity index (χ3v) is 5.40. The number of hydrogen-bond acceptors (Lipinski definition) is 3. The molecule has 3 nitrogen and oxygen atoms in total. The van der Waals surface area contributed by atoms with Gasteiger partial charge >= 0.3 is 0 Å². The first-order valence-corrected chi connectivity index (χ1v) is 9.13. The molecule has 124 valence electrons. The molecule has 0 amide bonds. The molecular weight excluding hydrogens is 308 g/mol. The number of fused-ring (bicyclic) bond motifs is 3. The van der Waals surface area contributed by atoms with E-state index in [0.29, 0.717) is 5.92 Å². The van der Waals surface area contributed by atoms with E-state index in [1.165, 1.54) is 37.7 Å². The average molecular weight is 328 g/mol. The molecule has 2 heterocycles. The fourth-order valence-corrected chi connectivity index (χ4v) is 4.09. The normalized spacial score (nSPS) is 15.8. The molecule has 0 N–H and O–H groups in total. The largest absolute Gasteiger partial charge is 0.452 e. The van der Waals surface area contributed by atoms with Crippen LogP contribution in [0.2, 0.25) is 0 Å². The molecule has 0 radical (unpaired) electrons. The quantitative estimate of drug-likeness (QED) is 0.447. The summed E-state index contributed by atoms with van der Waals surface area (Å²) in [6.07, 6.45) is 8.30. The Morgan fingerprint density at radius 3 is 2.56 bits per heavy atom. The Morgan fingerprint density at radius 1 is 0.880 bits per heavy atom. The van der Waals surface area contributed by atoms with Gasteiger partial charge in [-0.05, 0) is 36.5 Å². The van der Waals surface area contributed by atoms with Crippen molar-refractivity contribution in [2.75, 3.05) is 0 Å². The molecule has 5 rings (SSSR count). The van der Waals surface area contributed by atoms with Gasteiger partial charge in [-0.2, -0.15) is 0 Å². The molecule has 4 aromatic rings. The maximum Gasteiger partial charge on any atom is 0.180 e. The summed E-state index contributed by atoms with van der Waals surface area (Å²) >= 11 is 0. The summed E-state index contributed by atoms with van der Waals surface area (Å²) < 4.78 is 6.16. The van der Waals surface area contributed by atoms with Crippen molar-refractivity contribution in [3.05, 3.63) is 60.4 Å². The Kier molecular flexibility index (Phi) is 3.51. The van der Waals surface area contributed by atoms with Crippen molar-refractivity contribution in [1.29, 1.82) is 0 Å². The van der Waals surface area contributed by atoms with Crippen molar-refractivity contribution in [2.45, 2.75) is 38.0 Å². The summed E-state index contributed by atoms with van der Waals surface area (Å²) in [5.41, 5.74) is 5.94. The van der Waals surface area contributed by atoms with Crippen LogP contribution in [0.15, 0.2) is 59.3 Å². The summed E-state index contributed by atoms with van der Waals surface area (Å²) in [5.74, 6) is 0.679. The molecule has 0 unspecified atom stereocenters. The van der Waals surface area contributed by atoms with Gasteiger partial charge in [0, 0.05) is 10.9 Å². The minimum absolute atomic E-state index is 0.679. The van der Waals surface area contributed by atoms with Crippen LogP contribution < -0.4 is 0 Å². The average Bonchev–Trinajstić information content (AvgIpc) is 3.07. The Bertz CT molecular complexity index is 1030. The van der Waals surface area contributed by atoms with Gasteiger partial charge in [0.15, 0.2) is 5.58 Å². The predicted octanol–water partition coefficient (Wildman–Crippen LogP) is 6.09. The topological polar surface area (TPSA) is 38.9 Å². The van der Waals surface area contributed by atoms with Gasteiger partial charge < -0.3 is 4.42 Å². The first-order chi connectivity index (χ1) is 12.4. The predicted molar refractivity (Wildman–Crippen MR) is 101 cm³/mol. The number of nitrogens with zero attached hydrogens (tertiary/aromatic N) is 2. The lowest BCUT2D eigenvalue weighted by atomic mass is 9.84. The second-order valence-electron chi connectivity index (χ2n) is 6.96. The van der Waals surface area contributed by atoms with Crippen molar-refractivity contribution >= 4 is 22.1 Å². The molecule has 2 aromatic carbocycles.